The largest absolute Gasteiger partial charge is 0.385 e. The van der Waals surface area contributed by atoms with Crippen LogP contribution < -0.4 is 5.73 Å². The summed E-state index contributed by atoms with van der Waals surface area (Å²) in [5.74, 6) is 2.24. The van der Waals surface area contributed by atoms with Gasteiger partial charge in [0.25, 0.3) is 0 Å². The van der Waals surface area contributed by atoms with Crippen molar-refractivity contribution in [1.82, 2.24) is 14.9 Å². The van der Waals surface area contributed by atoms with E-state index in [-0.39, 0.29) is 0 Å². The summed E-state index contributed by atoms with van der Waals surface area (Å²) in [4.78, 5) is 0. The molecule has 0 saturated heterocycles. The summed E-state index contributed by atoms with van der Waals surface area (Å²) in [6.45, 7) is 2.10. The summed E-state index contributed by atoms with van der Waals surface area (Å²) < 4.78 is 1.74. The van der Waals surface area contributed by atoms with Crippen molar-refractivity contribution in [2.24, 2.45) is 10.8 Å². The Morgan fingerprint density at radius 2 is 2.38 bits per heavy atom. The Morgan fingerprint density at radius 3 is 3.15 bits per heavy atom. The van der Waals surface area contributed by atoms with E-state index in [1.54, 1.807) is 16.4 Å². The molecule has 0 unspecified atom stereocenters. The van der Waals surface area contributed by atoms with Crippen LogP contribution in [0.4, 0.5) is 0 Å². The maximum atomic E-state index is 5.63. The zero-order valence-electron chi connectivity index (χ0n) is 7.40. The van der Waals surface area contributed by atoms with Crippen LogP contribution in [0.25, 0.3) is 0 Å². The molecular weight excluding hydrogens is 186 g/mol. The lowest BCUT2D eigenvalue weighted by Gasteiger charge is -2.09. The van der Waals surface area contributed by atoms with Crippen LogP contribution in [-0.2, 0) is 6.42 Å². The molecule has 0 fully saturated rings. The topological polar surface area (TPSA) is 69.1 Å². The molecule has 2 rings (SSSR count). The van der Waals surface area contributed by atoms with E-state index in [1.165, 1.54) is 0 Å². The zero-order chi connectivity index (χ0) is 9.26. The number of thioether (sulfide) groups is 1. The molecule has 0 radical (unpaired) electrons. The fourth-order valence-corrected chi connectivity index (χ4v) is 1.86. The molecule has 5 nitrogen and oxygen atoms in total. The highest BCUT2D eigenvalue weighted by Gasteiger charge is 2.16. The summed E-state index contributed by atoms with van der Waals surface area (Å²) in [6.07, 6.45) is 1.93. The summed E-state index contributed by atoms with van der Waals surface area (Å²) >= 11 is 1.58. The summed E-state index contributed by atoms with van der Waals surface area (Å²) in [7, 11) is 0. The molecule has 0 amide bonds. The first-order chi connectivity index (χ1) is 6.31. The van der Waals surface area contributed by atoms with E-state index in [0.717, 1.165) is 23.8 Å². The van der Waals surface area contributed by atoms with Gasteiger partial charge in [-0.05, 0) is 6.42 Å². The molecule has 0 spiro atoms. The summed E-state index contributed by atoms with van der Waals surface area (Å²) in [6, 6.07) is 0. The lowest BCUT2D eigenvalue weighted by atomic mass is 10.3. The molecule has 0 saturated carbocycles. The molecule has 6 heteroatoms. The first-order valence-electron chi connectivity index (χ1n) is 4.21. The van der Waals surface area contributed by atoms with Crippen molar-refractivity contribution in [2.75, 3.05) is 5.75 Å². The van der Waals surface area contributed by atoms with Gasteiger partial charge >= 0.3 is 0 Å². The number of fused-ring (bicyclic) bond motifs is 1. The highest BCUT2D eigenvalue weighted by Crippen LogP contribution is 2.20. The molecule has 70 valence electrons. The Balaban J connectivity index is 2.37. The number of nitrogens with zero attached hydrogens (tertiary/aromatic N) is 4. The second-order valence-electron chi connectivity index (χ2n) is 2.84. The number of aromatic nitrogens is 3. The van der Waals surface area contributed by atoms with Crippen molar-refractivity contribution >= 4 is 17.6 Å². The van der Waals surface area contributed by atoms with Crippen molar-refractivity contribution in [3.8, 4) is 0 Å². The van der Waals surface area contributed by atoms with Crippen molar-refractivity contribution < 1.29 is 0 Å². The molecule has 1 aliphatic rings. The molecule has 2 N–H and O–H groups in total. The van der Waals surface area contributed by atoms with Gasteiger partial charge in [-0.1, -0.05) is 18.7 Å². The Labute approximate surface area is 80.4 Å². The third-order valence-corrected chi connectivity index (χ3v) is 2.68. The molecule has 0 bridgehead atoms. The van der Waals surface area contributed by atoms with Crippen LogP contribution in [0.15, 0.2) is 10.3 Å². The van der Waals surface area contributed by atoms with Gasteiger partial charge in [-0.25, -0.2) is 0 Å². The van der Waals surface area contributed by atoms with Crippen molar-refractivity contribution in [3.05, 3.63) is 5.82 Å². The number of hydrogen-bond donors (Lipinski definition) is 1. The molecule has 0 aliphatic carbocycles. The highest BCUT2D eigenvalue weighted by atomic mass is 32.2. The second-order valence-corrected chi connectivity index (χ2v) is 3.78. The molecule has 1 aliphatic heterocycles. The number of hydrogen-bond acceptors (Lipinski definition) is 5. The van der Waals surface area contributed by atoms with E-state index in [4.69, 9.17) is 5.73 Å². The third kappa shape index (κ3) is 1.53. The van der Waals surface area contributed by atoms with E-state index >= 15 is 0 Å². The van der Waals surface area contributed by atoms with Gasteiger partial charge < -0.3 is 5.73 Å². The normalized spacial score (nSPS) is 15.3. The first-order valence-corrected chi connectivity index (χ1v) is 5.20. The predicted molar refractivity (Wildman–Crippen MR) is 51.8 cm³/mol. The van der Waals surface area contributed by atoms with Crippen LogP contribution in [0.3, 0.4) is 0 Å². The van der Waals surface area contributed by atoms with Crippen LogP contribution in [0, 0.1) is 0 Å². The van der Waals surface area contributed by atoms with Gasteiger partial charge in [0.15, 0.2) is 5.82 Å². The van der Waals surface area contributed by atoms with Gasteiger partial charge in [0, 0.05) is 6.42 Å². The van der Waals surface area contributed by atoms with E-state index in [0.29, 0.717) is 11.6 Å². The lowest BCUT2D eigenvalue weighted by Crippen LogP contribution is -2.21. The molecule has 1 aromatic rings. The summed E-state index contributed by atoms with van der Waals surface area (Å²) in [5.41, 5.74) is 5.63. The van der Waals surface area contributed by atoms with Gasteiger partial charge in [-0.15, -0.1) is 10.2 Å². The number of amidine groups is 1. The Kier molecular flexibility index (Phi) is 2.22. The first kappa shape index (κ1) is 8.55. The smallest absolute Gasteiger partial charge is 0.212 e. The molecular formula is C7H11N5S. The van der Waals surface area contributed by atoms with E-state index in [2.05, 4.69) is 22.2 Å². The van der Waals surface area contributed by atoms with Crippen molar-refractivity contribution in [3.63, 3.8) is 0 Å². The van der Waals surface area contributed by atoms with Crippen LogP contribution in [0.2, 0.25) is 0 Å². The van der Waals surface area contributed by atoms with Crippen molar-refractivity contribution in [1.29, 1.82) is 0 Å². The van der Waals surface area contributed by atoms with Crippen LogP contribution in [0.5, 0.6) is 0 Å². The van der Waals surface area contributed by atoms with Crippen LogP contribution >= 0.6 is 11.8 Å². The maximum absolute atomic E-state index is 5.63. The monoisotopic (exact) mass is 197 g/mol. The highest BCUT2D eigenvalue weighted by molar-refractivity contribution is 7.99. The molecule has 0 atom stereocenters. The van der Waals surface area contributed by atoms with Gasteiger partial charge in [0.05, 0.1) is 5.75 Å². The van der Waals surface area contributed by atoms with Gasteiger partial charge in [-0.3, -0.25) is 0 Å². The average Bonchev–Trinajstić information content (AvgIpc) is 2.49. The van der Waals surface area contributed by atoms with Gasteiger partial charge in [0.1, 0.15) is 5.84 Å². The third-order valence-electron chi connectivity index (χ3n) is 1.73. The number of rotatable bonds is 2. The molecule has 2 heterocycles. The van der Waals surface area contributed by atoms with Gasteiger partial charge in [-0.2, -0.15) is 9.78 Å². The Hall–Kier alpha value is -1.04. The number of nitrogens with two attached hydrogens (primary N) is 1. The molecule has 1 aromatic heterocycles. The minimum absolute atomic E-state index is 0.634. The number of aryl methyl sites for hydroxylation is 1. The fraction of sp³-hybridized carbons (Fsp3) is 0.571. The lowest BCUT2D eigenvalue weighted by molar-refractivity contribution is 0.691. The summed E-state index contributed by atoms with van der Waals surface area (Å²) in [5, 5.41) is 13.1. The van der Waals surface area contributed by atoms with Crippen LogP contribution in [0.1, 0.15) is 19.2 Å². The Morgan fingerprint density at radius 1 is 1.54 bits per heavy atom. The quantitative estimate of drug-likeness (QED) is 0.747. The van der Waals surface area contributed by atoms with E-state index in [9.17, 15) is 0 Å². The second kappa shape index (κ2) is 3.37. The minimum atomic E-state index is 0.634. The van der Waals surface area contributed by atoms with Gasteiger partial charge in [0.2, 0.25) is 5.16 Å². The Bertz CT molecular complexity index is 343. The molecule has 13 heavy (non-hydrogen) atoms. The standard InChI is InChI=1S/C7H11N5S/c1-2-3-6-9-10-7-12(6)11-5(8)4-13-7/h2-4H2,1H3,(H2,8,11). The molecule has 0 aromatic carbocycles. The minimum Gasteiger partial charge on any atom is -0.385 e. The van der Waals surface area contributed by atoms with E-state index in [1.807, 2.05) is 0 Å². The maximum Gasteiger partial charge on any atom is 0.212 e. The zero-order valence-corrected chi connectivity index (χ0v) is 8.21. The van der Waals surface area contributed by atoms with E-state index < -0.39 is 0 Å². The predicted octanol–water partition coefficient (Wildman–Crippen LogP) is 0.457. The van der Waals surface area contributed by atoms with Crippen molar-refractivity contribution in [2.45, 2.75) is 24.9 Å². The SMILES string of the molecule is CCCc1nnc2n1N=C(N)CS2. The van der Waals surface area contributed by atoms with Crippen LogP contribution in [-0.4, -0.2) is 26.5 Å². The fourth-order valence-electron chi connectivity index (χ4n) is 1.16. The average molecular weight is 197 g/mol.